The zero-order chi connectivity index (χ0) is 15.8. The number of rotatable bonds is 2. The molecule has 2 aromatic carbocycles. The van der Waals surface area contributed by atoms with Crippen molar-refractivity contribution >= 4 is 17.6 Å². The largest absolute Gasteiger partial charge is 0.478 e. The second-order valence-electron chi connectivity index (χ2n) is 4.19. The summed E-state index contributed by atoms with van der Waals surface area (Å²) in [6.07, 6.45) is -4.78. The van der Waals surface area contributed by atoms with E-state index in [0.29, 0.717) is 12.1 Å². The first-order valence-corrected chi connectivity index (χ1v) is 5.98. The quantitative estimate of drug-likeness (QED) is 0.803. The van der Waals surface area contributed by atoms with Gasteiger partial charge >= 0.3 is 12.1 Å². The normalized spacial score (nSPS) is 11.5. The standard InChI is InChI=1S/C14H7ClF4O2/c15-11-5-8(13(20)21)1-3-9(11)7-2-4-10(12(16)6-7)14(17,18)19/h1-6H,(H,20,21). The van der Waals surface area contributed by atoms with Gasteiger partial charge in [0.05, 0.1) is 11.1 Å². The van der Waals surface area contributed by atoms with Gasteiger partial charge in [-0.3, -0.25) is 0 Å². The fraction of sp³-hybridized carbons (Fsp3) is 0.0714. The number of carboxylic acid groups (broad SMARTS) is 1. The lowest BCUT2D eigenvalue weighted by molar-refractivity contribution is -0.139. The van der Waals surface area contributed by atoms with Crippen LogP contribution in [0.15, 0.2) is 36.4 Å². The van der Waals surface area contributed by atoms with E-state index in [0.717, 1.165) is 12.1 Å². The number of carbonyl (C=O) groups is 1. The van der Waals surface area contributed by atoms with Crippen LogP contribution in [0.2, 0.25) is 5.02 Å². The minimum Gasteiger partial charge on any atom is -0.478 e. The predicted molar refractivity (Wildman–Crippen MR) is 68.8 cm³/mol. The highest BCUT2D eigenvalue weighted by Gasteiger charge is 2.34. The summed E-state index contributed by atoms with van der Waals surface area (Å²) in [6.45, 7) is 0. The molecule has 0 unspecified atom stereocenters. The van der Waals surface area contributed by atoms with E-state index in [1.54, 1.807) is 0 Å². The van der Waals surface area contributed by atoms with Crippen LogP contribution in [0.3, 0.4) is 0 Å². The van der Waals surface area contributed by atoms with E-state index in [-0.39, 0.29) is 21.7 Å². The van der Waals surface area contributed by atoms with Crippen LogP contribution in [0.1, 0.15) is 15.9 Å². The molecule has 0 radical (unpaired) electrons. The first kappa shape index (κ1) is 15.3. The average Bonchev–Trinajstić information content (AvgIpc) is 2.36. The molecule has 0 saturated carbocycles. The molecule has 0 bridgehead atoms. The van der Waals surface area contributed by atoms with E-state index < -0.39 is 23.5 Å². The highest BCUT2D eigenvalue weighted by atomic mass is 35.5. The lowest BCUT2D eigenvalue weighted by atomic mass is 10.0. The first-order chi connectivity index (χ1) is 9.70. The first-order valence-electron chi connectivity index (χ1n) is 5.60. The fourth-order valence-electron chi connectivity index (χ4n) is 1.79. The van der Waals surface area contributed by atoms with Crippen LogP contribution >= 0.6 is 11.6 Å². The zero-order valence-electron chi connectivity index (χ0n) is 10.2. The molecule has 21 heavy (non-hydrogen) atoms. The minimum atomic E-state index is -4.78. The molecule has 2 aromatic rings. The Morgan fingerprint density at radius 2 is 1.76 bits per heavy atom. The van der Waals surface area contributed by atoms with Crippen molar-refractivity contribution in [3.63, 3.8) is 0 Å². The van der Waals surface area contributed by atoms with Crippen molar-refractivity contribution in [1.82, 2.24) is 0 Å². The van der Waals surface area contributed by atoms with Crippen molar-refractivity contribution in [1.29, 1.82) is 0 Å². The second-order valence-corrected chi connectivity index (χ2v) is 4.60. The van der Waals surface area contributed by atoms with Crippen molar-refractivity contribution < 1.29 is 27.5 Å². The topological polar surface area (TPSA) is 37.3 Å². The molecule has 110 valence electrons. The van der Waals surface area contributed by atoms with E-state index in [1.807, 2.05) is 0 Å². The Balaban J connectivity index is 2.49. The molecule has 0 amide bonds. The highest BCUT2D eigenvalue weighted by molar-refractivity contribution is 6.33. The maximum absolute atomic E-state index is 13.5. The lowest BCUT2D eigenvalue weighted by Crippen LogP contribution is -2.07. The number of benzene rings is 2. The Morgan fingerprint density at radius 1 is 1.10 bits per heavy atom. The van der Waals surface area contributed by atoms with Crippen LogP contribution in [0.5, 0.6) is 0 Å². The highest BCUT2D eigenvalue weighted by Crippen LogP contribution is 2.35. The van der Waals surface area contributed by atoms with E-state index in [2.05, 4.69) is 0 Å². The lowest BCUT2D eigenvalue weighted by Gasteiger charge is -2.10. The summed E-state index contributed by atoms with van der Waals surface area (Å²) in [4.78, 5) is 10.8. The van der Waals surface area contributed by atoms with Crippen molar-refractivity contribution in [3.05, 3.63) is 58.4 Å². The predicted octanol–water partition coefficient (Wildman–Crippen LogP) is 4.86. The SMILES string of the molecule is O=C(O)c1ccc(-c2ccc(C(F)(F)F)c(F)c2)c(Cl)c1. The van der Waals surface area contributed by atoms with Crippen LogP contribution < -0.4 is 0 Å². The van der Waals surface area contributed by atoms with Gasteiger partial charge in [-0.05, 0) is 29.8 Å². The molecule has 1 N–H and O–H groups in total. The van der Waals surface area contributed by atoms with Crippen LogP contribution in [0.4, 0.5) is 17.6 Å². The molecule has 0 aliphatic rings. The fourth-order valence-corrected chi connectivity index (χ4v) is 2.08. The number of alkyl halides is 3. The molecule has 0 heterocycles. The Kier molecular flexibility index (Phi) is 3.91. The van der Waals surface area contributed by atoms with E-state index in [9.17, 15) is 22.4 Å². The molecular weight excluding hydrogens is 312 g/mol. The molecule has 0 aliphatic carbocycles. The van der Waals surface area contributed by atoms with Gasteiger partial charge in [0.25, 0.3) is 0 Å². The van der Waals surface area contributed by atoms with Gasteiger partial charge in [-0.15, -0.1) is 0 Å². The number of hydrogen-bond acceptors (Lipinski definition) is 1. The average molecular weight is 319 g/mol. The van der Waals surface area contributed by atoms with Crippen molar-refractivity contribution in [3.8, 4) is 11.1 Å². The number of hydrogen-bond donors (Lipinski definition) is 1. The smallest absolute Gasteiger partial charge is 0.419 e. The molecular formula is C14H7ClF4O2. The maximum atomic E-state index is 13.5. The number of aromatic carboxylic acids is 1. The van der Waals surface area contributed by atoms with Gasteiger partial charge in [0.2, 0.25) is 0 Å². The minimum absolute atomic E-state index is 0.00839. The molecule has 0 aliphatic heterocycles. The van der Waals surface area contributed by atoms with Crippen molar-refractivity contribution in [2.75, 3.05) is 0 Å². The molecule has 0 aromatic heterocycles. The molecule has 0 spiro atoms. The van der Waals surface area contributed by atoms with Gasteiger partial charge < -0.3 is 5.11 Å². The zero-order valence-corrected chi connectivity index (χ0v) is 11.0. The van der Waals surface area contributed by atoms with Gasteiger partial charge in [-0.2, -0.15) is 13.2 Å². The summed E-state index contributed by atoms with van der Waals surface area (Å²) in [7, 11) is 0. The Labute approximate surface area is 121 Å². The van der Waals surface area contributed by atoms with Crippen LogP contribution in [0.25, 0.3) is 11.1 Å². The second kappa shape index (κ2) is 5.37. The Bertz CT molecular complexity index is 711. The van der Waals surface area contributed by atoms with Gasteiger partial charge in [-0.25, -0.2) is 9.18 Å². The van der Waals surface area contributed by atoms with Crippen LogP contribution in [-0.2, 0) is 6.18 Å². The summed E-state index contributed by atoms with van der Waals surface area (Å²) >= 11 is 5.88. The van der Waals surface area contributed by atoms with Crippen LogP contribution in [-0.4, -0.2) is 11.1 Å². The van der Waals surface area contributed by atoms with E-state index in [4.69, 9.17) is 16.7 Å². The van der Waals surface area contributed by atoms with Crippen molar-refractivity contribution in [2.45, 2.75) is 6.18 Å². The third-order valence-electron chi connectivity index (χ3n) is 2.80. The van der Waals surface area contributed by atoms with Crippen molar-refractivity contribution in [2.24, 2.45) is 0 Å². The van der Waals surface area contributed by atoms with Gasteiger partial charge in [0.1, 0.15) is 5.82 Å². The van der Waals surface area contributed by atoms with Crippen LogP contribution in [0, 0.1) is 5.82 Å². The summed E-state index contributed by atoms with van der Waals surface area (Å²) in [5, 5.41) is 8.81. The monoisotopic (exact) mass is 318 g/mol. The third kappa shape index (κ3) is 3.16. The number of halogens is 5. The molecule has 0 fully saturated rings. The molecule has 0 atom stereocenters. The molecule has 0 saturated heterocycles. The van der Waals surface area contributed by atoms with Gasteiger partial charge in [-0.1, -0.05) is 23.7 Å². The molecule has 2 rings (SSSR count). The Hall–Kier alpha value is -2.08. The van der Waals surface area contributed by atoms with Gasteiger partial charge in [0.15, 0.2) is 0 Å². The summed E-state index contributed by atoms with van der Waals surface area (Å²) in [5.41, 5.74) is -1.07. The molecule has 2 nitrogen and oxygen atoms in total. The Morgan fingerprint density at radius 3 is 2.24 bits per heavy atom. The molecule has 7 heteroatoms. The van der Waals surface area contributed by atoms with E-state index >= 15 is 0 Å². The summed E-state index contributed by atoms with van der Waals surface area (Å²) in [5.74, 6) is -2.61. The maximum Gasteiger partial charge on any atom is 0.419 e. The summed E-state index contributed by atoms with van der Waals surface area (Å²) < 4.78 is 50.9. The van der Waals surface area contributed by atoms with Gasteiger partial charge in [0, 0.05) is 10.6 Å². The third-order valence-corrected chi connectivity index (χ3v) is 3.11. The number of carboxylic acids is 1. The summed E-state index contributed by atoms with van der Waals surface area (Å²) in [6, 6.07) is 6.10. The van der Waals surface area contributed by atoms with E-state index in [1.165, 1.54) is 12.1 Å².